The van der Waals surface area contributed by atoms with E-state index in [1.807, 2.05) is 12.1 Å². The molecule has 3 rings (SSSR count). The first kappa shape index (κ1) is 19.9. The first-order chi connectivity index (χ1) is 12.9. The molecule has 2 N–H and O–H groups in total. The molecule has 2 heterocycles. The molecule has 1 amide bonds. The lowest BCUT2D eigenvalue weighted by molar-refractivity contribution is -0.144. The molecule has 0 saturated carbocycles. The van der Waals surface area contributed by atoms with Gasteiger partial charge in [0, 0.05) is 26.2 Å². The smallest absolute Gasteiger partial charge is 0.344 e. The van der Waals surface area contributed by atoms with E-state index in [0.29, 0.717) is 30.3 Å². The maximum atomic E-state index is 11.8. The Balaban J connectivity index is 1.56. The molecular weight excluding hydrogens is 372 g/mol. The van der Waals surface area contributed by atoms with Crippen molar-refractivity contribution < 1.29 is 24.2 Å². The molecule has 8 heteroatoms. The number of ether oxygens (including phenoxy) is 2. The van der Waals surface area contributed by atoms with Crippen molar-refractivity contribution in [3.63, 3.8) is 0 Å². The Morgan fingerprint density at radius 1 is 1.44 bits per heavy atom. The van der Waals surface area contributed by atoms with E-state index >= 15 is 0 Å². The zero-order valence-corrected chi connectivity index (χ0v) is 16.1. The lowest BCUT2D eigenvalue weighted by Crippen LogP contribution is -2.46. The number of halogens is 1. The van der Waals surface area contributed by atoms with Gasteiger partial charge in [-0.3, -0.25) is 9.69 Å². The van der Waals surface area contributed by atoms with Crippen LogP contribution in [0.2, 0.25) is 5.02 Å². The quantitative estimate of drug-likeness (QED) is 0.792. The predicted molar refractivity (Wildman–Crippen MR) is 100.0 cm³/mol. The summed E-state index contributed by atoms with van der Waals surface area (Å²) in [7, 11) is 0. The largest absolute Gasteiger partial charge is 0.479 e. The van der Waals surface area contributed by atoms with Crippen LogP contribution in [-0.2, 0) is 20.9 Å². The number of rotatable bonds is 5. The van der Waals surface area contributed by atoms with Gasteiger partial charge in [-0.05, 0) is 37.5 Å². The number of aliphatic carboxylic acids is 1. The summed E-state index contributed by atoms with van der Waals surface area (Å²) in [6, 6.07) is 5.42. The highest BCUT2D eigenvalue weighted by Gasteiger charge is 2.38. The highest BCUT2D eigenvalue weighted by Crippen LogP contribution is 2.32. The van der Waals surface area contributed by atoms with Crippen molar-refractivity contribution in [3.05, 3.63) is 28.8 Å². The molecule has 7 nitrogen and oxygen atoms in total. The van der Waals surface area contributed by atoms with Gasteiger partial charge in [0.1, 0.15) is 5.75 Å². The van der Waals surface area contributed by atoms with E-state index in [4.69, 9.17) is 26.2 Å². The molecule has 148 valence electrons. The molecule has 0 aliphatic carbocycles. The Bertz CT molecular complexity index is 703. The number of carboxylic acid groups (broad SMARTS) is 1. The molecule has 0 bridgehead atoms. The molecule has 1 spiro atoms. The van der Waals surface area contributed by atoms with Crippen molar-refractivity contribution >= 4 is 23.5 Å². The second kappa shape index (κ2) is 8.46. The van der Waals surface area contributed by atoms with Gasteiger partial charge in [-0.1, -0.05) is 17.7 Å². The summed E-state index contributed by atoms with van der Waals surface area (Å²) >= 11 is 6.25. The topological polar surface area (TPSA) is 88.1 Å². The van der Waals surface area contributed by atoms with Crippen LogP contribution in [0.4, 0.5) is 0 Å². The average molecular weight is 397 g/mol. The molecule has 2 aliphatic rings. The second-order valence-corrected chi connectivity index (χ2v) is 7.60. The highest BCUT2D eigenvalue weighted by atomic mass is 35.5. The van der Waals surface area contributed by atoms with Crippen LogP contribution in [0.15, 0.2) is 18.2 Å². The fourth-order valence-electron chi connectivity index (χ4n) is 3.54. The maximum absolute atomic E-state index is 11.8. The summed E-state index contributed by atoms with van der Waals surface area (Å²) in [6.45, 7) is 5.04. The Kier molecular flexibility index (Phi) is 6.24. The van der Waals surface area contributed by atoms with Crippen molar-refractivity contribution in [1.82, 2.24) is 10.2 Å². The molecule has 0 aromatic heterocycles. The lowest BCUT2D eigenvalue weighted by Gasteiger charge is -2.40. The van der Waals surface area contributed by atoms with E-state index in [9.17, 15) is 9.59 Å². The molecular formula is C19H25ClN2O5. The average Bonchev–Trinajstić information content (AvgIpc) is 2.80. The standard InChI is InChI=1S/C19H25ClN2O5/c1-13(18(24)25)27-16-3-2-14(10-15(16)20)12-22-7-4-19(5-8-22)11-17(23)21-6-9-26-19/h2-3,10,13H,4-9,11-12H2,1H3,(H,21,23)(H,24,25). The third-order valence-electron chi connectivity index (χ3n) is 5.14. The third kappa shape index (κ3) is 5.12. The fraction of sp³-hybridized carbons (Fsp3) is 0.579. The normalized spacial score (nSPS) is 21.3. The van der Waals surface area contributed by atoms with E-state index in [1.165, 1.54) is 6.92 Å². The molecule has 2 aliphatic heterocycles. The van der Waals surface area contributed by atoms with Crippen LogP contribution in [0.3, 0.4) is 0 Å². The van der Waals surface area contributed by atoms with Gasteiger partial charge in [0.15, 0.2) is 6.10 Å². The minimum atomic E-state index is -1.04. The van der Waals surface area contributed by atoms with E-state index < -0.39 is 12.1 Å². The summed E-state index contributed by atoms with van der Waals surface area (Å²) in [4.78, 5) is 25.1. The molecule has 1 unspecified atom stereocenters. The van der Waals surface area contributed by atoms with Crippen LogP contribution in [0.25, 0.3) is 0 Å². The number of carbonyl (C=O) groups excluding carboxylic acids is 1. The van der Waals surface area contributed by atoms with Crippen molar-refractivity contribution in [1.29, 1.82) is 0 Å². The molecule has 1 atom stereocenters. The highest BCUT2D eigenvalue weighted by molar-refractivity contribution is 6.32. The number of piperidine rings is 1. The van der Waals surface area contributed by atoms with Gasteiger partial charge < -0.3 is 19.9 Å². The van der Waals surface area contributed by atoms with Gasteiger partial charge >= 0.3 is 5.97 Å². The van der Waals surface area contributed by atoms with Crippen molar-refractivity contribution in [3.8, 4) is 5.75 Å². The number of hydrogen-bond acceptors (Lipinski definition) is 5. The number of amides is 1. The van der Waals surface area contributed by atoms with E-state index in [1.54, 1.807) is 6.07 Å². The second-order valence-electron chi connectivity index (χ2n) is 7.20. The number of likely N-dealkylation sites (tertiary alicyclic amines) is 1. The van der Waals surface area contributed by atoms with Gasteiger partial charge in [0.2, 0.25) is 5.91 Å². The number of carboxylic acids is 1. The molecule has 2 saturated heterocycles. The van der Waals surface area contributed by atoms with Crippen LogP contribution in [0.5, 0.6) is 5.75 Å². The van der Waals surface area contributed by atoms with Gasteiger partial charge in [0.05, 0.1) is 23.7 Å². The summed E-state index contributed by atoms with van der Waals surface area (Å²) in [5, 5.41) is 12.2. The van der Waals surface area contributed by atoms with Gasteiger partial charge in [-0.2, -0.15) is 0 Å². The Labute approximate surface area is 163 Å². The number of hydrogen-bond donors (Lipinski definition) is 2. The van der Waals surface area contributed by atoms with E-state index in [-0.39, 0.29) is 11.5 Å². The van der Waals surface area contributed by atoms with Gasteiger partial charge in [0.25, 0.3) is 0 Å². The Hall–Kier alpha value is -1.83. The fourth-order valence-corrected chi connectivity index (χ4v) is 3.79. The number of carbonyl (C=O) groups is 2. The third-order valence-corrected chi connectivity index (χ3v) is 5.43. The first-order valence-corrected chi connectivity index (χ1v) is 9.56. The maximum Gasteiger partial charge on any atom is 0.344 e. The molecule has 27 heavy (non-hydrogen) atoms. The zero-order chi connectivity index (χ0) is 19.4. The van der Waals surface area contributed by atoms with E-state index in [0.717, 1.165) is 38.0 Å². The molecule has 1 aromatic rings. The molecule has 0 radical (unpaired) electrons. The minimum absolute atomic E-state index is 0.0684. The predicted octanol–water partition coefficient (Wildman–Crippen LogP) is 2.06. The zero-order valence-electron chi connectivity index (χ0n) is 15.4. The van der Waals surface area contributed by atoms with Crippen molar-refractivity contribution in [2.45, 2.75) is 44.4 Å². The number of nitrogens with zero attached hydrogens (tertiary/aromatic N) is 1. The van der Waals surface area contributed by atoms with Crippen LogP contribution in [0, 0.1) is 0 Å². The van der Waals surface area contributed by atoms with E-state index in [2.05, 4.69) is 10.2 Å². The van der Waals surface area contributed by atoms with Crippen molar-refractivity contribution in [2.75, 3.05) is 26.2 Å². The summed E-state index contributed by atoms with van der Waals surface area (Å²) in [5.74, 6) is -0.600. The van der Waals surface area contributed by atoms with Gasteiger partial charge in [-0.25, -0.2) is 4.79 Å². The van der Waals surface area contributed by atoms with Gasteiger partial charge in [-0.15, -0.1) is 0 Å². The first-order valence-electron chi connectivity index (χ1n) is 9.18. The van der Waals surface area contributed by atoms with Crippen LogP contribution < -0.4 is 10.1 Å². The number of nitrogens with one attached hydrogen (secondary N) is 1. The number of benzene rings is 1. The molecule has 2 fully saturated rings. The summed E-state index contributed by atoms with van der Waals surface area (Å²) in [5.41, 5.74) is 0.699. The van der Waals surface area contributed by atoms with Crippen LogP contribution >= 0.6 is 11.6 Å². The Morgan fingerprint density at radius 2 is 2.19 bits per heavy atom. The van der Waals surface area contributed by atoms with Crippen molar-refractivity contribution in [2.24, 2.45) is 0 Å². The van der Waals surface area contributed by atoms with Crippen LogP contribution in [0.1, 0.15) is 31.7 Å². The lowest BCUT2D eigenvalue weighted by atomic mass is 9.87. The monoisotopic (exact) mass is 396 g/mol. The summed E-state index contributed by atoms with van der Waals surface area (Å²) in [6.07, 6.45) is 1.13. The Morgan fingerprint density at radius 3 is 2.85 bits per heavy atom. The summed E-state index contributed by atoms with van der Waals surface area (Å²) < 4.78 is 11.3. The SMILES string of the molecule is CC(Oc1ccc(CN2CCC3(CC2)CC(=O)NCCO3)cc1Cl)C(=O)O. The van der Waals surface area contributed by atoms with Crippen LogP contribution in [-0.4, -0.2) is 59.8 Å². The minimum Gasteiger partial charge on any atom is -0.479 e. The molecule has 1 aromatic carbocycles.